The first-order valence-corrected chi connectivity index (χ1v) is 10.3. The molecule has 0 fully saturated rings. The number of benzene rings is 3. The molecule has 0 aromatic heterocycles. The smallest absolute Gasteiger partial charge is 0.243 e. The summed E-state index contributed by atoms with van der Waals surface area (Å²) in [4.78, 5) is 24.1. The number of carbonyl (C=O) groups excluding carboxylic acids is 2. The van der Waals surface area contributed by atoms with E-state index in [1.165, 1.54) is 0 Å². The Morgan fingerprint density at radius 2 is 1.45 bits per heavy atom. The number of hydrogen-bond acceptors (Lipinski definition) is 4. The van der Waals surface area contributed by atoms with Crippen molar-refractivity contribution in [1.29, 1.82) is 0 Å². The van der Waals surface area contributed by atoms with E-state index in [1.807, 2.05) is 73.7 Å². The van der Waals surface area contributed by atoms with Crippen LogP contribution in [0.2, 0.25) is 0 Å². The standard InChI is InChI=1S/C25H27N3O3/c1-2-8-24(29)27-21-15-13-20(14-16-21)26-17-25(30)28-22-11-6-7-12-23(22)31-18-19-9-4-3-5-10-19/h3-7,9-16,26H,2,8,17-18H2,1H3,(H,27,29)(H,28,30). The monoisotopic (exact) mass is 417 g/mol. The first-order valence-electron chi connectivity index (χ1n) is 10.3. The van der Waals surface area contributed by atoms with Crippen molar-refractivity contribution < 1.29 is 14.3 Å². The zero-order chi connectivity index (χ0) is 21.9. The molecular weight excluding hydrogens is 390 g/mol. The summed E-state index contributed by atoms with van der Waals surface area (Å²) in [6, 6.07) is 24.5. The zero-order valence-corrected chi connectivity index (χ0v) is 17.6. The molecule has 0 unspecified atom stereocenters. The highest BCUT2D eigenvalue weighted by Crippen LogP contribution is 2.24. The Morgan fingerprint density at radius 3 is 2.19 bits per heavy atom. The summed E-state index contributed by atoms with van der Waals surface area (Å²) in [5, 5.41) is 8.80. The van der Waals surface area contributed by atoms with Gasteiger partial charge in [0.25, 0.3) is 0 Å². The van der Waals surface area contributed by atoms with Gasteiger partial charge in [0.2, 0.25) is 11.8 Å². The van der Waals surface area contributed by atoms with Gasteiger partial charge in [-0.25, -0.2) is 0 Å². The van der Waals surface area contributed by atoms with Crippen LogP contribution in [0.5, 0.6) is 5.75 Å². The van der Waals surface area contributed by atoms with Crippen LogP contribution in [0.25, 0.3) is 0 Å². The van der Waals surface area contributed by atoms with Crippen molar-refractivity contribution in [2.24, 2.45) is 0 Å². The van der Waals surface area contributed by atoms with Gasteiger partial charge in [-0.2, -0.15) is 0 Å². The molecule has 2 amide bonds. The van der Waals surface area contributed by atoms with Gasteiger partial charge in [0.05, 0.1) is 12.2 Å². The van der Waals surface area contributed by atoms with Crippen LogP contribution in [-0.2, 0) is 16.2 Å². The molecule has 31 heavy (non-hydrogen) atoms. The predicted molar refractivity (Wildman–Crippen MR) is 124 cm³/mol. The molecule has 6 nitrogen and oxygen atoms in total. The molecule has 0 saturated heterocycles. The quantitative estimate of drug-likeness (QED) is 0.431. The molecule has 0 spiro atoms. The molecule has 0 aliphatic carbocycles. The maximum Gasteiger partial charge on any atom is 0.243 e. The average molecular weight is 418 g/mol. The molecule has 0 heterocycles. The molecule has 3 aromatic carbocycles. The molecular formula is C25H27N3O3. The van der Waals surface area contributed by atoms with Crippen molar-refractivity contribution in [3.05, 3.63) is 84.4 Å². The lowest BCUT2D eigenvalue weighted by Gasteiger charge is -2.13. The Balaban J connectivity index is 1.50. The summed E-state index contributed by atoms with van der Waals surface area (Å²) < 4.78 is 5.88. The summed E-state index contributed by atoms with van der Waals surface area (Å²) in [7, 11) is 0. The topological polar surface area (TPSA) is 79.5 Å². The summed E-state index contributed by atoms with van der Waals surface area (Å²) in [5.41, 5.74) is 3.20. The fourth-order valence-corrected chi connectivity index (χ4v) is 2.93. The Morgan fingerprint density at radius 1 is 0.774 bits per heavy atom. The zero-order valence-electron chi connectivity index (χ0n) is 17.6. The first-order chi connectivity index (χ1) is 15.1. The molecule has 3 rings (SSSR count). The van der Waals surface area contributed by atoms with Gasteiger partial charge in [-0.1, -0.05) is 49.4 Å². The third kappa shape index (κ3) is 7.19. The first kappa shape index (κ1) is 21.9. The fraction of sp³-hybridized carbons (Fsp3) is 0.200. The molecule has 160 valence electrons. The van der Waals surface area contributed by atoms with Crippen molar-refractivity contribution in [3.63, 3.8) is 0 Å². The van der Waals surface area contributed by atoms with E-state index in [9.17, 15) is 9.59 Å². The maximum atomic E-state index is 12.4. The van der Waals surface area contributed by atoms with Gasteiger partial charge in [0.15, 0.2) is 0 Å². The van der Waals surface area contributed by atoms with Gasteiger partial charge in [-0.05, 0) is 48.4 Å². The van der Waals surface area contributed by atoms with Crippen molar-refractivity contribution in [1.82, 2.24) is 0 Å². The van der Waals surface area contributed by atoms with E-state index in [1.54, 1.807) is 12.1 Å². The van der Waals surface area contributed by atoms with Crippen LogP contribution in [-0.4, -0.2) is 18.4 Å². The molecule has 0 aliphatic heterocycles. The lowest BCUT2D eigenvalue weighted by molar-refractivity contribution is -0.116. The Kier molecular flexibility index (Phi) is 8.05. The largest absolute Gasteiger partial charge is 0.487 e. The van der Waals surface area contributed by atoms with Gasteiger partial charge in [-0.15, -0.1) is 0 Å². The molecule has 0 atom stereocenters. The van der Waals surface area contributed by atoms with Crippen molar-refractivity contribution in [2.75, 3.05) is 22.5 Å². The second-order valence-electron chi connectivity index (χ2n) is 7.05. The van der Waals surface area contributed by atoms with Gasteiger partial charge in [0.1, 0.15) is 12.4 Å². The van der Waals surface area contributed by atoms with Crippen LogP contribution in [0.3, 0.4) is 0 Å². The molecule has 3 N–H and O–H groups in total. The highest BCUT2D eigenvalue weighted by Gasteiger charge is 2.08. The highest BCUT2D eigenvalue weighted by atomic mass is 16.5. The maximum absolute atomic E-state index is 12.4. The van der Waals surface area contributed by atoms with Crippen LogP contribution >= 0.6 is 0 Å². The minimum atomic E-state index is -0.184. The second-order valence-corrected chi connectivity index (χ2v) is 7.05. The second kappa shape index (κ2) is 11.4. The van der Waals surface area contributed by atoms with Gasteiger partial charge >= 0.3 is 0 Å². The van der Waals surface area contributed by atoms with E-state index in [4.69, 9.17) is 4.74 Å². The Hall–Kier alpha value is -3.80. The normalized spacial score (nSPS) is 10.2. The number of carbonyl (C=O) groups is 2. The van der Waals surface area contributed by atoms with Crippen LogP contribution < -0.4 is 20.7 Å². The third-order valence-corrected chi connectivity index (χ3v) is 4.50. The summed E-state index contributed by atoms with van der Waals surface area (Å²) >= 11 is 0. The van der Waals surface area contributed by atoms with E-state index in [0.29, 0.717) is 24.5 Å². The minimum absolute atomic E-state index is 0.00395. The Labute approximate surface area is 182 Å². The van der Waals surface area contributed by atoms with Gasteiger partial charge in [0, 0.05) is 17.8 Å². The van der Waals surface area contributed by atoms with E-state index in [2.05, 4.69) is 16.0 Å². The summed E-state index contributed by atoms with van der Waals surface area (Å²) in [5.74, 6) is 0.429. The number of rotatable bonds is 10. The van der Waals surface area contributed by atoms with Crippen LogP contribution in [0, 0.1) is 0 Å². The van der Waals surface area contributed by atoms with Gasteiger partial charge in [-0.3, -0.25) is 9.59 Å². The van der Waals surface area contributed by atoms with Crippen molar-refractivity contribution >= 4 is 28.9 Å². The number of nitrogens with one attached hydrogen (secondary N) is 3. The molecule has 0 saturated carbocycles. The Bertz CT molecular complexity index is 988. The van der Waals surface area contributed by atoms with E-state index < -0.39 is 0 Å². The van der Waals surface area contributed by atoms with Crippen molar-refractivity contribution in [2.45, 2.75) is 26.4 Å². The van der Waals surface area contributed by atoms with E-state index in [0.717, 1.165) is 23.4 Å². The number of amides is 2. The molecule has 0 bridgehead atoms. The average Bonchev–Trinajstić information content (AvgIpc) is 2.79. The lowest BCUT2D eigenvalue weighted by atomic mass is 10.2. The molecule has 3 aromatic rings. The molecule has 0 aliphatic rings. The number of para-hydroxylation sites is 2. The van der Waals surface area contributed by atoms with Gasteiger partial charge < -0.3 is 20.7 Å². The van der Waals surface area contributed by atoms with E-state index >= 15 is 0 Å². The number of hydrogen-bond donors (Lipinski definition) is 3. The van der Waals surface area contributed by atoms with E-state index in [-0.39, 0.29) is 18.4 Å². The SMILES string of the molecule is CCCC(=O)Nc1ccc(NCC(=O)Nc2ccccc2OCc2ccccc2)cc1. The third-order valence-electron chi connectivity index (χ3n) is 4.50. The minimum Gasteiger partial charge on any atom is -0.487 e. The molecule has 0 radical (unpaired) electrons. The van der Waals surface area contributed by atoms with Crippen molar-refractivity contribution in [3.8, 4) is 5.75 Å². The lowest BCUT2D eigenvalue weighted by Crippen LogP contribution is -2.22. The highest BCUT2D eigenvalue weighted by molar-refractivity contribution is 5.95. The number of anilines is 3. The predicted octanol–water partition coefficient (Wildman–Crippen LogP) is 5.05. The summed E-state index contributed by atoms with van der Waals surface area (Å²) in [6.07, 6.45) is 1.30. The fourth-order valence-electron chi connectivity index (χ4n) is 2.93. The number of ether oxygens (including phenoxy) is 1. The van der Waals surface area contributed by atoms with Crippen LogP contribution in [0.4, 0.5) is 17.1 Å². The van der Waals surface area contributed by atoms with Crippen LogP contribution in [0.15, 0.2) is 78.9 Å². The summed E-state index contributed by atoms with van der Waals surface area (Å²) in [6.45, 7) is 2.49. The van der Waals surface area contributed by atoms with Crippen LogP contribution in [0.1, 0.15) is 25.3 Å². The molecule has 6 heteroatoms.